The molecule has 0 bridgehead atoms. The lowest BCUT2D eigenvalue weighted by Gasteiger charge is -2.12. The molecule has 0 saturated heterocycles. The number of carbonyl (C=O) groups is 3. The summed E-state index contributed by atoms with van der Waals surface area (Å²) in [6, 6.07) is 14.2. The van der Waals surface area contributed by atoms with Crippen molar-refractivity contribution in [2.75, 3.05) is 13.0 Å². The lowest BCUT2D eigenvalue weighted by atomic mass is 10.1. The van der Waals surface area contributed by atoms with Crippen LogP contribution in [0.5, 0.6) is 0 Å². The zero-order valence-corrected chi connectivity index (χ0v) is 14.3. The number of esters is 1. The van der Waals surface area contributed by atoms with Crippen LogP contribution in [0.15, 0.2) is 59.5 Å². The van der Waals surface area contributed by atoms with Crippen molar-refractivity contribution in [2.24, 2.45) is 0 Å². The maximum atomic E-state index is 12.2. The number of thioether (sulfide) groups is 1. The van der Waals surface area contributed by atoms with Gasteiger partial charge in [-0.05, 0) is 42.2 Å². The smallest absolute Gasteiger partial charge is 0.332 e. The van der Waals surface area contributed by atoms with E-state index in [1.807, 2.05) is 30.5 Å². The van der Waals surface area contributed by atoms with Crippen molar-refractivity contribution in [3.8, 4) is 0 Å². The van der Waals surface area contributed by atoms with Crippen LogP contribution in [-0.4, -0.2) is 35.7 Å². The van der Waals surface area contributed by atoms with E-state index in [1.54, 1.807) is 42.1 Å². The second-order valence-corrected chi connectivity index (χ2v) is 6.16. The molecule has 0 fully saturated rings. The van der Waals surface area contributed by atoms with Crippen LogP contribution >= 0.6 is 11.8 Å². The molecule has 126 valence electrons. The molecule has 0 N–H and O–H groups in total. The number of nitrogens with zero attached hydrogens (tertiary/aromatic N) is 1. The highest BCUT2D eigenvalue weighted by Gasteiger charge is 2.35. The van der Waals surface area contributed by atoms with Gasteiger partial charge >= 0.3 is 5.97 Å². The van der Waals surface area contributed by atoms with E-state index in [4.69, 9.17) is 4.74 Å². The Kier molecular flexibility index (Phi) is 5.00. The highest BCUT2D eigenvalue weighted by Crippen LogP contribution is 2.22. The average Bonchev–Trinajstić information content (AvgIpc) is 2.89. The Balaban J connectivity index is 1.58. The summed E-state index contributed by atoms with van der Waals surface area (Å²) >= 11 is 1.63. The standard InChI is InChI=1S/C19H15NO4S/c1-25-14-9-6-13(7-10-14)8-11-17(21)24-12-20-18(22)15-4-2-3-5-16(15)19(20)23/h2-11H,12H2,1H3. The monoisotopic (exact) mass is 353 g/mol. The predicted molar refractivity (Wildman–Crippen MR) is 95.2 cm³/mol. The van der Waals surface area contributed by atoms with E-state index in [0.717, 1.165) is 15.4 Å². The molecule has 6 heteroatoms. The van der Waals surface area contributed by atoms with Crippen LogP contribution in [0.2, 0.25) is 0 Å². The summed E-state index contributed by atoms with van der Waals surface area (Å²) in [5, 5.41) is 0. The van der Waals surface area contributed by atoms with Crippen LogP contribution in [0, 0.1) is 0 Å². The zero-order valence-electron chi connectivity index (χ0n) is 13.5. The van der Waals surface area contributed by atoms with E-state index < -0.39 is 24.5 Å². The number of benzene rings is 2. The first-order chi connectivity index (χ1) is 12.1. The molecule has 0 aliphatic carbocycles. The fourth-order valence-corrected chi connectivity index (χ4v) is 2.82. The molecule has 25 heavy (non-hydrogen) atoms. The molecule has 0 saturated carbocycles. The maximum absolute atomic E-state index is 12.2. The lowest BCUT2D eigenvalue weighted by molar-refractivity contribution is -0.140. The number of amides is 2. The van der Waals surface area contributed by atoms with Gasteiger partial charge in [0.2, 0.25) is 0 Å². The summed E-state index contributed by atoms with van der Waals surface area (Å²) in [5.41, 5.74) is 1.51. The SMILES string of the molecule is CSc1ccc(C=CC(=O)OCN2C(=O)c3ccccc3C2=O)cc1. The number of rotatable bonds is 5. The van der Waals surface area contributed by atoms with Crippen LogP contribution in [0.1, 0.15) is 26.3 Å². The summed E-state index contributed by atoms with van der Waals surface area (Å²) in [5.74, 6) is -1.53. The molecule has 2 amide bonds. The number of ether oxygens (including phenoxy) is 1. The molecule has 2 aromatic carbocycles. The summed E-state index contributed by atoms with van der Waals surface area (Å²) in [7, 11) is 0. The van der Waals surface area contributed by atoms with Crippen molar-refractivity contribution >= 4 is 35.6 Å². The minimum absolute atomic E-state index is 0.327. The first-order valence-electron chi connectivity index (χ1n) is 7.54. The number of imide groups is 1. The van der Waals surface area contributed by atoms with E-state index in [0.29, 0.717) is 11.1 Å². The molecule has 0 atom stereocenters. The second kappa shape index (κ2) is 7.36. The number of hydrogen-bond acceptors (Lipinski definition) is 5. The molecule has 2 aromatic rings. The van der Waals surface area contributed by atoms with Gasteiger partial charge in [-0.15, -0.1) is 11.8 Å². The largest absolute Gasteiger partial charge is 0.441 e. The summed E-state index contributed by atoms with van der Waals surface area (Å²) in [4.78, 5) is 38.2. The second-order valence-electron chi connectivity index (χ2n) is 5.28. The fraction of sp³-hybridized carbons (Fsp3) is 0.105. The molecule has 3 rings (SSSR count). The Labute approximate surface area is 149 Å². The van der Waals surface area contributed by atoms with E-state index in [1.165, 1.54) is 6.08 Å². The van der Waals surface area contributed by atoms with Gasteiger partial charge in [0.1, 0.15) is 0 Å². The third kappa shape index (κ3) is 3.64. The fourth-order valence-electron chi connectivity index (χ4n) is 2.41. The Morgan fingerprint density at radius 1 is 1.04 bits per heavy atom. The summed E-state index contributed by atoms with van der Waals surface area (Å²) in [6.07, 6.45) is 4.88. The van der Waals surface area contributed by atoms with Crippen molar-refractivity contribution in [1.29, 1.82) is 0 Å². The third-order valence-electron chi connectivity index (χ3n) is 3.74. The quantitative estimate of drug-likeness (QED) is 0.357. The van der Waals surface area contributed by atoms with Gasteiger partial charge < -0.3 is 4.74 Å². The average molecular weight is 353 g/mol. The molecule has 0 radical (unpaired) electrons. The lowest BCUT2D eigenvalue weighted by Crippen LogP contribution is -2.32. The van der Waals surface area contributed by atoms with E-state index in [-0.39, 0.29) is 0 Å². The van der Waals surface area contributed by atoms with E-state index in [9.17, 15) is 14.4 Å². The van der Waals surface area contributed by atoms with Crippen molar-refractivity contribution in [3.63, 3.8) is 0 Å². The highest BCUT2D eigenvalue weighted by molar-refractivity contribution is 7.98. The van der Waals surface area contributed by atoms with Gasteiger partial charge in [-0.3, -0.25) is 9.59 Å². The van der Waals surface area contributed by atoms with Gasteiger partial charge in [-0.2, -0.15) is 0 Å². The first-order valence-corrected chi connectivity index (χ1v) is 8.77. The Bertz CT molecular complexity index is 823. The number of carbonyl (C=O) groups excluding carboxylic acids is 3. The summed E-state index contributed by atoms with van der Waals surface area (Å²) < 4.78 is 5.02. The van der Waals surface area contributed by atoms with Crippen molar-refractivity contribution in [2.45, 2.75) is 4.90 Å². The van der Waals surface area contributed by atoms with Crippen LogP contribution in [0.4, 0.5) is 0 Å². The maximum Gasteiger partial charge on any atom is 0.332 e. The molecule has 5 nitrogen and oxygen atoms in total. The van der Waals surface area contributed by atoms with Gasteiger partial charge in [-0.1, -0.05) is 24.3 Å². The molecular weight excluding hydrogens is 338 g/mol. The normalized spacial score (nSPS) is 13.4. The van der Waals surface area contributed by atoms with Gasteiger partial charge in [0.25, 0.3) is 11.8 Å². The van der Waals surface area contributed by atoms with Crippen LogP contribution in [0.25, 0.3) is 6.08 Å². The molecule has 1 heterocycles. The first kappa shape index (κ1) is 17.0. The molecule has 0 aromatic heterocycles. The highest BCUT2D eigenvalue weighted by atomic mass is 32.2. The van der Waals surface area contributed by atoms with Crippen LogP contribution in [0.3, 0.4) is 0 Å². The van der Waals surface area contributed by atoms with E-state index in [2.05, 4.69) is 0 Å². The number of hydrogen-bond donors (Lipinski definition) is 0. The van der Waals surface area contributed by atoms with Gasteiger partial charge in [0.05, 0.1) is 11.1 Å². The summed E-state index contributed by atoms with van der Waals surface area (Å²) in [6.45, 7) is -0.402. The Hall–Kier alpha value is -2.86. The van der Waals surface area contributed by atoms with Gasteiger partial charge in [0, 0.05) is 11.0 Å². The van der Waals surface area contributed by atoms with E-state index >= 15 is 0 Å². The Morgan fingerprint density at radius 3 is 2.20 bits per heavy atom. The molecular formula is C19H15NO4S. The van der Waals surface area contributed by atoms with Crippen LogP contribution in [-0.2, 0) is 9.53 Å². The molecule has 0 spiro atoms. The van der Waals surface area contributed by atoms with Crippen molar-refractivity contribution in [1.82, 2.24) is 4.90 Å². The zero-order chi connectivity index (χ0) is 17.8. The van der Waals surface area contributed by atoms with Crippen molar-refractivity contribution in [3.05, 3.63) is 71.3 Å². The Morgan fingerprint density at radius 2 is 1.64 bits per heavy atom. The molecule has 0 unspecified atom stereocenters. The molecule has 1 aliphatic rings. The predicted octanol–water partition coefficient (Wildman–Crippen LogP) is 3.22. The van der Waals surface area contributed by atoms with Gasteiger partial charge in [0.15, 0.2) is 6.73 Å². The van der Waals surface area contributed by atoms with Crippen LogP contribution < -0.4 is 0 Å². The number of fused-ring (bicyclic) bond motifs is 1. The van der Waals surface area contributed by atoms with Gasteiger partial charge in [-0.25, -0.2) is 9.69 Å². The topological polar surface area (TPSA) is 63.7 Å². The minimum Gasteiger partial charge on any atom is -0.441 e. The minimum atomic E-state index is -0.620. The third-order valence-corrected chi connectivity index (χ3v) is 4.49. The molecule has 1 aliphatic heterocycles. The van der Waals surface area contributed by atoms with Crippen molar-refractivity contribution < 1.29 is 19.1 Å².